The van der Waals surface area contributed by atoms with Gasteiger partial charge in [0.2, 0.25) is 5.91 Å². The Morgan fingerprint density at radius 1 is 1.15 bits per heavy atom. The SMILES string of the molecule is COC(=O)/C=C/C(=O)N1CCC(N(C)c2nc(OC)nc3c(F)c(-c4cccc5cccc(Cl)c45)ncc23)C1. The molecule has 1 amide bonds. The number of aromatic nitrogens is 3. The quantitative estimate of drug-likeness (QED) is 0.258. The lowest BCUT2D eigenvalue weighted by molar-refractivity contribution is -0.135. The molecule has 1 atom stereocenters. The summed E-state index contributed by atoms with van der Waals surface area (Å²) in [6.45, 7) is 0.870. The minimum absolute atomic E-state index is 0.00305. The number of pyridine rings is 1. The van der Waals surface area contributed by atoms with Gasteiger partial charge < -0.3 is 19.3 Å². The van der Waals surface area contributed by atoms with Gasteiger partial charge in [0.15, 0.2) is 5.82 Å². The van der Waals surface area contributed by atoms with Gasteiger partial charge in [0.25, 0.3) is 0 Å². The summed E-state index contributed by atoms with van der Waals surface area (Å²) in [6.07, 6.45) is 4.48. The minimum Gasteiger partial charge on any atom is -0.467 e. The van der Waals surface area contributed by atoms with Crippen molar-refractivity contribution in [1.82, 2.24) is 19.9 Å². The zero-order valence-corrected chi connectivity index (χ0v) is 22.3. The van der Waals surface area contributed by atoms with Gasteiger partial charge in [0.05, 0.1) is 19.6 Å². The van der Waals surface area contributed by atoms with E-state index in [1.807, 2.05) is 36.2 Å². The fourth-order valence-electron chi connectivity index (χ4n) is 4.81. The first-order valence-corrected chi connectivity index (χ1v) is 12.6. The average Bonchev–Trinajstić information content (AvgIpc) is 3.45. The van der Waals surface area contributed by atoms with E-state index in [0.29, 0.717) is 46.7 Å². The van der Waals surface area contributed by atoms with Crippen molar-refractivity contribution in [2.75, 3.05) is 39.3 Å². The van der Waals surface area contributed by atoms with Crippen molar-refractivity contribution in [3.63, 3.8) is 0 Å². The fourth-order valence-corrected chi connectivity index (χ4v) is 5.09. The van der Waals surface area contributed by atoms with Gasteiger partial charge >= 0.3 is 12.0 Å². The number of likely N-dealkylation sites (N-methyl/N-ethyl adjacent to an activating group) is 1. The van der Waals surface area contributed by atoms with E-state index in [9.17, 15) is 9.59 Å². The molecule has 1 unspecified atom stereocenters. The van der Waals surface area contributed by atoms with Crippen LogP contribution >= 0.6 is 11.6 Å². The van der Waals surface area contributed by atoms with Crippen LogP contribution in [-0.2, 0) is 14.3 Å². The van der Waals surface area contributed by atoms with Gasteiger partial charge in [-0.25, -0.2) is 9.18 Å². The molecule has 1 aliphatic rings. The molecule has 2 aromatic heterocycles. The molecular formula is C28H25ClFN5O4. The Morgan fingerprint density at radius 2 is 1.92 bits per heavy atom. The molecule has 200 valence electrons. The van der Waals surface area contributed by atoms with Gasteiger partial charge in [0, 0.05) is 60.5 Å². The Balaban J connectivity index is 1.52. The van der Waals surface area contributed by atoms with Crippen molar-refractivity contribution in [3.8, 4) is 17.3 Å². The maximum Gasteiger partial charge on any atom is 0.330 e. The molecule has 1 aliphatic heterocycles. The molecule has 11 heteroatoms. The first kappa shape index (κ1) is 26.3. The van der Waals surface area contributed by atoms with Gasteiger partial charge in [-0.15, -0.1) is 0 Å². The summed E-state index contributed by atoms with van der Waals surface area (Å²) in [4.78, 5) is 40.7. The van der Waals surface area contributed by atoms with Crippen molar-refractivity contribution >= 4 is 51.0 Å². The fraction of sp³-hybridized carbons (Fsp3) is 0.250. The van der Waals surface area contributed by atoms with E-state index in [4.69, 9.17) is 16.3 Å². The Hall–Kier alpha value is -4.31. The van der Waals surface area contributed by atoms with Crippen LogP contribution in [0.15, 0.2) is 54.7 Å². The molecule has 1 fully saturated rings. The molecular weight excluding hydrogens is 525 g/mol. The molecule has 5 rings (SSSR count). The minimum atomic E-state index is -0.619. The number of hydrogen-bond donors (Lipinski definition) is 0. The second-order valence-electron chi connectivity index (χ2n) is 9.05. The van der Waals surface area contributed by atoms with E-state index in [2.05, 4.69) is 19.7 Å². The molecule has 39 heavy (non-hydrogen) atoms. The Morgan fingerprint density at radius 3 is 2.67 bits per heavy atom. The Labute approximate surface area is 228 Å². The maximum atomic E-state index is 16.1. The topological polar surface area (TPSA) is 97.8 Å². The number of halogens is 2. The molecule has 0 spiro atoms. The number of esters is 1. The van der Waals surface area contributed by atoms with E-state index in [1.165, 1.54) is 20.3 Å². The standard InChI is InChI=1S/C28H25ClFN5O4/c1-34(17-12-13-35(15-17)21(36)10-11-22(37)38-2)27-19-14-31-25(24(30)26(19)32-28(33-27)39-3)18-8-4-6-16-7-5-9-20(29)23(16)18/h4-11,14,17H,12-13,15H2,1-3H3/b11-10+. The Kier molecular flexibility index (Phi) is 7.30. The average molecular weight is 550 g/mol. The number of hydrogen-bond acceptors (Lipinski definition) is 8. The maximum absolute atomic E-state index is 16.1. The highest BCUT2D eigenvalue weighted by Crippen LogP contribution is 2.37. The molecule has 4 aromatic rings. The summed E-state index contributed by atoms with van der Waals surface area (Å²) in [5.41, 5.74) is 0.727. The van der Waals surface area contributed by atoms with Gasteiger partial charge in [-0.1, -0.05) is 41.9 Å². The smallest absolute Gasteiger partial charge is 0.330 e. The number of carbonyl (C=O) groups excluding carboxylic acids is 2. The molecule has 9 nitrogen and oxygen atoms in total. The van der Waals surface area contributed by atoms with Gasteiger partial charge in [-0.05, 0) is 17.9 Å². The van der Waals surface area contributed by atoms with Crippen LogP contribution in [0.2, 0.25) is 5.02 Å². The highest BCUT2D eigenvalue weighted by atomic mass is 35.5. The molecule has 1 saturated heterocycles. The van der Waals surface area contributed by atoms with E-state index in [0.717, 1.165) is 11.5 Å². The number of rotatable bonds is 6. The first-order chi connectivity index (χ1) is 18.8. The van der Waals surface area contributed by atoms with Crippen LogP contribution in [0.3, 0.4) is 0 Å². The third-order valence-electron chi connectivity index (χ3n) is 6.86. The molecule has 3 heterocycles. The molecule has 0 aliphatic carbocycles. The highest BCUT2D eigenvalue weighted by molar-refractivity contribution is 6.36. The van der Waals surface area contributed by atoms with Gasteiger partial charge in [-0.2, -0.15) is 9.97 Å². The number of methoxy groups -OCH3 is 2. The highest BCUT2D eigenvalue weighted by Gasteiger charge is 2.31. The van der Waals surface area contributed by atoms with Crippen molar-refractivity contribution in [2.24, 2.45) is 0 Å². The lowest BCUT2D eigenvalue weighted by Gasteiger charge is -2.27. The van der Waals surface area contributed by atoms with Crippen molar-refractivity contribution in [2.45, 2.75) is 12.5 Å². The lowest BCUT2D eigenvalue weighted by Crippen LogP contribution is -2.36. The van der Waals surface area contributed by atoms with Crippen LogP contribution in [0.25, 0.3) is 32.9 Å². The zero-order valence-electron chi connectivity index (χ0n) is 21.5. The van der Waals surface area contributed by atoms with Crippen LogP contribution in [0.1, 0.15) is 6.42 Å². The second kappa shape index (κ2) is 10.8. The number of nitrogens with zero attached hydrogens (tertiary/aromatic N) is 5. The largest absolute Gasteiger partial charge is 0.467 e. The van der Waals surface area contributed by atoms with E-state index >= 15 is 4.39 Å². The predicted molar refractivity (Wildman–Crippen MR) is 146 cm³/mol. The molecule has 2 aromatic carbocycles. The van der Waals surface area contributed by atoms with Crippen LogP contribution in [0, 0.1) is 5.82 Å². The van der Waals surface area contributed by atoms with Crippen LogP contribution < -0.4 is 9.64 Å². The first-order valence-electron chi connectivity index (χ1n) is 12.2. The molecule has 0 bridgehead atoms. The lowest BCUT2D eigenvalue weighted by atomic mass is 10.0. The van der Waals surface area contributed by atoms with Crippen LogP contribution in [-0.4, -0.2) is 72.1 Å². The summed E-state index contributed by atoms with van der Waals surface area (Å²) in [5.74, 6) is -1.09. The number of amides is 1. The van der Waals surface area contributed by atoms with E-state index in [-0.39, 0.29) is 29.2 Å². The number of fused-ring (bicyclic) bond motifs is 2. The third kappa shape index (κ3) is 4.95. The number of benzene rings is 2. The number of carbonyl (C=O) groups is 2. The monoisotopic (exact) mass is 549 g/mol. The number of anilines is 1. The van der Waals surface area contributed by atoms with Gasteiger partial charge in [-0.3, -0.25) is 9.78 Å². The van der Waals surface area contributed by atoms with Crippen molar-refractivity contribution in [1.29, 1.82) is 0 Å². The number of likely N-dealkylation sites (tertiary alicyclic amines) is 1. The Bertz CT molecular complexity index is 1620. The second-order valence-corrected chi connectivity index (χ2v) is 9.46. The summed E-state index contributed by atoms with van der Waals surface area (Å²) >= 11 is 6.49. The number of ether oxygens (including phenoxy) is 2. The van der Waals surface area contributed by atoms with Gasteiger partial charge in [0.1, 0.15) is 17.0 Å². The van der Waals surface area contributed by atoms with Crippen molar-refractivity contribution < 1.29 is 23.5 Å². The third-order valence-corrected chi connectivity index (χ3v) is 7.17. The van der Waals surface area contributed by atoms with Crippen LogP contribution in [0.4, 0.5) is 10.2 Å². The summed E-state index contributed by atoms with van der Waals surface area (Å²) in [5, 5.41) is 2.46. The van der Waals surface area contributed by atoms with E-state index in [1.54, 1.807) is 23.2 Å². The summed E-state index contributed by atoms with van der Waals surface area (Å²) in [6, 6.07) is 10.9. The summed E-state index contributed by atoms with van der Waals surface area (Å²) in [7, 11) is 4.48. The zero-order chi connectivity index (χ0) is 27.7. The normalized spacial score (nSPS) is 15.3. The van der Waals surface area contributed by atoms with E-state index < -0.39 is 11.8 Å². The van der Waals surface area contributed by atoms with Crippen molar-refractivity contribution in [3.05, 3.63) is 65.6 Å². The predicted octanol–water partition coefficient (Wildman–Crippen LogP) is 4.41. The molecule has 0 N–H and O–H groups in total. The summed E-state index contributed by atoms with van der Waals surface area (Å²) < 4.78 is 26.0. The van der Waals surface area contributed by atoms with Crippen LogP contribution in [0.5, 0.6) is 6.01 Å². The molecule has 0 saturated carbocycles. The molecule has 0 radical (unpaired) electrons.